The van der Waals surface area contributed by atoms with E-state index in [1.165, 1.54) is 30.6 Å². The lowest BCUT2D eigenvalue weighted by Crippen LogP contribution is -2.42. The second-order valence-electron chi connectivity index (χ2n) is 6.37. The summed E-state index contributed by atoms with van der Waals surface area (Å²) in [6.45, 7) is 12.2. The summed E-state index contributed by atoms with van der Waals surface area (Å²) >= 11 is 0. The molecule has 2 rings (SSSR count). The third kappa shape index (κ3) is 3.17. The van der Waals surface area contributed by atoms with E-state index in [0.717, 1.165) is 31.2 Å². The Morgan fingerprint density at radius 1 is 1.30 bits per heavy atom. The Morgan fingerprint density at radius 2 is 2.05 bits per heavy atom. The highest BCUT2D eigenvalue weighted by Crippen LogP contribution is 2.31. The van der Waals surface area contributed by atoms with E-state index in [0.29, 0.717) is 6.04 Å². The molecule has 0 bridgehead atoms. The van der Waals surface area contributed by atoms with Gasteiger partial charge in [-0.05, 0) is 45.6 Å². The molecule has 114 valence electrons. The predicted octanol–water partition coefficient (Wildman–Crippen LogP) is 2.85. The molecule has 0 aromatic carbocycles. The van der Waals surface area contributed by atoms with Crippen LogP contribution in [0.25, 0.3) is 0 Å². The molecule has 20 heavy (non-hydrogen) atoms. The van der Waals surface area contributed by atoms with Crippen LogP contribution in [0.3, 0.4) is 0 Å². The van der Waals surface area contributed by atoms with Crippen LogP contribution in [0.15, 0.2) is 0 Å². The van der Waals surface area contributed by atoms with Gasteiger partial charge in [0.1, 0.15) is 5.82 Å². The average molecular weight is 278 g/mol. The minimum atomic E-state index is 0.617. The van der Waals surface area contributed by atoms with Crippen LogP contribution in [0.2, 0.25) is 0 Å². The quantitative estimate of drug-likeness (QED) is 0.841. The second kappa shape index (κ2) is 6.61. The van der Waals surface area contributed by atoms with Gasteiger partial charge in [-0.2, -0.15) is 5.10 Å². The molecule has 2 unspecified atom stereocenters. The highest BCUT2D eigenvalue weighted by molar-refractivity contribution is 5.51. The van der Waals surface area contributed by atoms with Crippen molar-refractivity contribution in [3.63, 3.8) is 0 Å². The van der Waals surface area contributed by atoms with Crippen LogP contribution in [0.1, 0.15) is 51.3 Å². The van der Waals surface area contributed by atoms with E-state index < -0.39 is 0 Å². The number of rotatable bonds is 5. The van der Waals surface area contributed by atoms with E-state index >= 15 is 0 Å². The highest BCUT2D eigenvalue weighted by atomic mass is 15.4. The number of anilines is 1. The maximum absolute atomic E-state index is 4.66. The lowest BCUT2D eigenvalue weighted by Gasteiger charge is -2.39. The van der Waals surface area contributed by atoms with E-state index in [1.54, 1.807) is 0 Å². The number of nitrogens with one attached hydrogen (secondary N) is 1. The Bertz CT molecular complexity index is 438. The van der Waals surface area contributed by atoms with E-state index in [2.05, 4.69) is 54.7 Å². The smallest absolute Gasteiger partial charge is 0.131 e. The topological polar surface area (TPSA) is 33.1 Å². The Hall–Kier alpha value is -1.03. The van der Waals surface area contributed by atoms with Crippen molar-refractivity contribution in [3.8, 4) is 0 Å². The van der Waals surface area contributed by atoms with Gasteiger partial charge in [-0.1, -0.05) is 13.8 Å². The van der Waals surface area contributed by atoms with Crippen molar-refractivity contribution in [2.45, 2.75) is 59.5 Å². The van der Waals surface area contributed by atoms with Crippen molar-refractivity contribution < 1.29 is 0 Å². The molecule has 0 radical (unpaired) electrons. The molecule has 4 heteroatoms. The Morgan fingerprint density at radius 3 is 2.75 bits per heavy atom. The summed E-state index contributed by atoms with van der Waals surface area (Å²) in [6.07, 6.45) is 3.80. The summed E-state index contributed by atoms with van der Waals surface area (Å²) in [5, 5.41) is 8.19. The van der Waals surface area contributed by atoms with Crippen molar-refractivity contribution in [2.24, 2.45) is 13.0 Å². The van der Waals surface area contributed by atoms with Crippen LogP contribution in [-0.4, -0.2) is 28.9 Å². The van der Waals surface area contributed by atoms with Crippen molar-refractivity contribution in [3.05, 3.63) is 11.3 Å². The van der Waals surface area contributed by atoms with Gasteiger partial charge in [-0.15, -0.1) is 0 Å². The minimum Gasteiger partial charge on any atom is -0.354 e. The van der Waals surface area contributed by atoms with Crippen molar-refractivity contribution in [1.82, 2.24) is 15.1 Å². The van der Waals surface area contributed by atoms with Crippen molar-refractivity contribution in [1.29, 1.82) is 0 Å². The molecule has 2 atom stereocenters. The van der Waals surface area contributed by atoms with E-state index in [4.69, 9.17) is 0 Å². The van der Waals surface area contributed by atoms with E-state index in [1.807, 2.05) is 0 Å². The lowest BCUT2D eigenvalue weighted by molar-refractivity contribution is 0.383. The second-order valence-corrected chi connectivity index (χ2v) is 6.37. The van der Waals surface area contributed by atoms with Crippen LogP contribution in [0.5, 0.6) is 0 Å². The normalized spacial score (nSPS) is 23.4. The third-order valence-corrected chi connectivity index (χ3v) is 4.43. The van der Waals surface area contributed by atoms with E-state index in [-0.39, 0.29) is 0 Å². The zero-order valence-electron chi connectivity index (χ0n) is 13.7. The minimum absolute atomic E-state index is 0.617. The molecule has 1 aromatic rings. The van der Waals surface area contributed by atoms with Gasteiger partial charge in [0, 0.05) is 31.7 Å². The average Bonchev–Trinajstić information content (AvgIpc) is 2.68. The molecular weight excluding hydrogens is 248 g/mol. The fraction of sp³-hybridized carbons (Fsp3) is 0.812. The molecule has 0 saturated carbocycles. The molecular formula is C16H30N4. The molecule has 2 heterocycles. The zero-order valence-corrected chi connectivity index (χ0v) is 13.7. The molecule has 4 nitrogen and oxygen atoms in total. The summed E-state index contributed by atoms with van der Waals surface area (Å²) in [4.78, 5) is 2.57. The number of piperidine rings is 1. The first-order valence-electron chi connectivity index (χ1n) is 8.04. The SMILES string of the molecule is CCCNCc1c(C)nn(C)c1N1CC(C)CCC1C. The first-order chi connectivity index (χ1) is 9.54. The van der Waals surface area contributed by atoms with Crippen molar-refractivity contribution >= 4 is 5.82 Å². The standard InChI is InChI=1S/C16H30N4/c1-6-9-17-10-15-14(4)18-19(5)16(15)20-11-12(2)7-8-13(20)3/h12-13,17H,6-11H2,1-5H3. The van der Waals surface area contributed by atoms with Crippen LogP contribution < -0.4 is 10.2 Å². The molecule has 1 fully saturated rings. The fourth-order valence-corrected chi connectivity index (χ4v) is 3.23. The summed E-state index contributed by atoms with van der Waals surface area (Å²) in [7, 11) is 2.08. The van der Waals surface area contributed by atoms with Crippen LogP contribution in [-0.2, 0) is 13.6 Å². The molecule has 1 aliphatic heterocycles. The molecule has 0 spiro atoms. The van der Waals surface area contributed by atoms with Gasteiger partial charge in [0.25, 0.3) is 0 Å². The van der Waals surface area contributed by atoms with Crippen molar-refractivity contribution in [2.75, 3.05) is 18.0 Å². The molecule has 0 aliphatic carbocycles. The summed E-state index contributed by atoms with van der Waals surface area (Å²) < 4.78 is 2.08. The molecule has 1 saturated heterocycles. The maximum Gasteiger partial charge on any atom is 0.131 e. The Balaban J connectivity index is 2.24. The Labute approximate surface area is 123 Å². The predicted molar refractivity (Wildman–Crippen MR) is 85.1 cm³/mol. The number of aryl methyl sites for hydroxylation is 2. The maximum atomic E-state index is 4.66. The van der Waals surface area contributed by atoms with Gasteiger partial charge in [-0.25, -0.2) is 0 Å². The van der Waals surface area contributed by atoms with E-state index in [9.17, 15) is 0 Å². The third-order valence-electron chi connectivity index (χ3n) is 4.43. The molecule has 0 amide bonds. The fourth-order valence-electron chi connectivity index (χ4n) is 3.23. The molecule has 1 N–H and O–H groups in total. The summed E-state index contributed by atoms with van der Waals surface area (Å²) in [5.41, 5.74) is 2.54. The highest BCUT2D eigenvalue weighted by Gasteiger charge is 2.28. The summed E-state index contributed by atoms with van der Waals surface area (Å²) in [6, 6.07) is 0.617. The van der Waals surface area contributed by atoms with Crippen LogP contribution in [0.4, 0.5) is 5.82 Å². The van der Waals surface area contributed by atoms with Crippen LogP contribution in [0, 0.1) is 12.8 Å². The monoisotopic (exact) mass is 278 g/mol. The number of hydrogen-bond donors (Lipinski definition) is 1. The van der Waals surface area contributed by atoms with Gasteiger partial charge in [0.2, 0.25) is 0 Å². The van der Waals surface area contributed by atoms with Crippen LogP contribution >= 0.6 is 0 Å². The summed E-state index contributed by atoms with van der Waals surface area (Å²) in [5.74, 6) is 2.10. The first kappa shape index (κ1) is 15.4. The van der Waals surface area contributed by atoms with Gasteiger partial charge in [-0.3, -0.25) is 4.68 Å². The van der Waals surface area contributed by atoms with Gasteiger partial charge in [0.05, 0.1) is 5.69 Å². The lowest BCUT2D eigenvalue weighted by atomic mass is 9.94. The van der Waals surface area contributed by atoms with Gasteiger partial charge >= 0.3 is 0 Å². The molecule has 1 aromatic heterocycles. The Kier molecular flexibility index (Phi) is 5.08. The van der Waals surface area contributed by atoms with Gasteiger partial charge in [0.15, 0.2) is 0 Å². The number of hydrogen-bond acceptors (Lipinski definition) is 3. The largest absolute Gasteiger partial charge is 0.354 e. The number of nitrogens with zero attached hydrogens (tertiary/aromatic N) is 3. The first-order valence-corrected chi connectivity index (χ1v) is 8.04. The van der Waals surface area contributed by atoms with Gasteiger partial charge < -0.3 is 10.2 Å². The number of aromatic nitrogens is 2. The molecule has 1 aliphatic rings. The zero-order chi connectivity index (χ0) is 14.7.